The molecule has 1 atom stereocenters. The molecule has 4 rings (SSSR count). The molecule has 2 amide bonds. The number of hydrogen-bond acceptors (Lipinski definition) is 6. The van der Waals surface area contributed by atoms with E-state index in [0.29, 0.717) is 41.4 Å². The van der Waals surface area contributed by atoms with Crippen LogP contribution < -0.4 is 9.47 Å². The summed E-state index contributed by atoms with van der Waals surface area (Å²) in [5.74, 6) is 0.684. The summed E-state index contributed by atoms with van der Waals surface area (Å²) >= 11 is 0. The highest BCUT2D eigenvalue weighted by atomic mass is 16.5. The van der Waals surface area contributed by atoms with Crippen molar-refractivity contribution in [2.45, 2.75) is 19.4 Å². The number of piperidine rings is 1. The van der Waals surface area contributed by atoms with Crippen molar-refractivity contribution in [2.24, 2.45) is 5.92 Å². The van der Waals surface area contributed by atoms with Gasteiger partial charge in [0, 0.05) is 25.3 Å². The van der Waals surface area contributed by atoms with Crippen LogP contribution in [0.25, 0.3) is 5.57 Å². The predicted molar refractivity (Wildman–Crippen MR) is 120 cm³/mol. The summed E-state index contributed by atoms with van der Waals surface area (Å²) in [6.07, 6.45) is 1.76. The molecule has 2 heterocycles. The van der Waals surface area contributed by atoms with E-state index in [1.54, 1.807) is 20.3 Å². The third kappa shape index (κ3) is 4.08. The number of hydrogen-bond donors (Lipinski definition) is 1. The molecule has 1 saturated heterocycles. The fraction of sp³-hybridized carbons (Fsp3) is 0.360. The molecular formula is C25H28N2O5. The van der Waals surface area contributed by atoms with E-state index in [1.807, 2.05) is 47.4 Å². The van der Waals surface area contributed by atoms with Crippen LogP contribution in [-0.4, -0.2) is 60.6 Å². The minimum atomic E-state index is -0.337. The second kappa shape index (κ2) is 9.44. The smallest absolute Gasteiger partial charge is 0.278 e. The number of amides is 2. The standard InChI is InChI=1S/C25H28N2O5/c1-31-19-11-9-17(10-12-19)15-27-24(29)22(20-7-3-4-8-21(20)32-2)23(25(27)30)26-13-5-6-18(14-26)16-28/h3-4,7-12,18,28H,5-6,13-16H2,1-2H3. The van der Waals surface area contributed by atoms with E-state index in [-0.39, 0.29) is 30.9 Å². The normalized spacial score (nSPS) is 19.0. The molecule has 32 heavy (non-hydrogen) atoms. The van der Waals surface area contributed by atoms with Crippen LogP contribution in [0.5, 0.6) is 11.5 Å². The van der Waals surface area contributed by atoms with E-state index in [0.717, 1.165) is 18.4 Å². The maximum absolute atomic E-state index is 13.6. The number of aliphatic hydroxyl groups excluding tert-OH is 1. The van der Waals surface area contributed by atoms with Gasteiger partial charge >= 0.3 is 0 Å². The summed E-state index contributed by atoms with van der Waals surface area (Å²) in [5.41, 5.74) is 2.19. The third-order valence-corrected chi connectivity index (χ3v) is 6.11. The van der Waals surface area contributed by atoms with Gasteiger partial charge in [-0.3, -0.25) is 14.5 Å². The van der Waals surface area contributed by atoms with E-state index in [2.05, 4.69) is 0 Å². The second-order valence-corrected chi connectivity index (χ2v) is 8.11. The number of carbonyl (C=O) groups is 2. The highest BCUT2D eigenvalue weighted by Crippen LogP contribution is 2.38. The van der Waals surface area contributed by atoms with Gasteiger partial charge in [0.2, 0.25) is 0 Å². The van der Waals surface area contributed by atoms with Crippen LogP contribution in [0.4, 0.5) is 0 Å². The zero-order valence-electron chi connectivity index (χ0n) is 18.4. The Labute approximate surface area is 187 Å². The summed E-state index contributed by atoms with van der Waals surface area (Å²) in [5, 5.41) is 9.69. The Morgan fingerprint density at radius 2 is 1.75 bits per heavy atom. The van der Waals surface area contributed by atoms with E-state index in [4.69, 9.17) is 9.47 Å². The molecule has 2 aliphatic heterocycles. The van der Waals surface area contributed by atoms with Gasteiger partial charge in [-0.25, -0.2) is 0 Å². The van der Waals surface area contributed by atoms with Gasteiger partial charge < -0.3 is 19.5 Å². The number of carbonyl (C=O) groups excluding carboxylic acids is 2. The molecule has 2 aliphatic rings. The molecule has 0 saturated carbocycles. The monoisotopic (exact) mass is 436 g/mol. The lowest BCUT2D eigenvalue weighted by atomic mass is 9.96. The van der Waals surface area contributed by atoms with Crippen LogP contribution >= 0.6 is 0 Å². The van der Waals surface area contributed by atoms with Gasteiger partial charge in [0.15, 0.2) is 0 Å². The Kier molecular flexibility index (Phi) is 6.46. The molecule has 0 aliphatic carbocycles. The van der Waals surface area contributed by atoms with Crippen LogP contribution in [0.3, 0.4) is 0 Å². The van der Waals surface area contributed by atoms with Crippen molar-refractivity contribution in [3.63, 3.8) is 0 Å². The van der Waals surface area contributed by atoms with Crippen molar-refractivity contribution in [3.05, 3.63) is 65.4 Å². The van der Waals surface area contributed by atoms with Crippen molar-refractivity contribution in [3.8, 4) is 11.5 Å². The number of rotatable bonds is 7. The second-order valence-electron chi connectivity index (χ2n) is 8.11. The Balaban J connectivity index is 1.74. The van der Waals surface area contributed by atoms with Gasteiger partial charge in [0.25, 0.3) is 11.8 Å². The summed E-state index contributed by atoms with van der Waals surface area (Å²) in [6, 6.07) is 14.6. The molecule has 0 aromatic heterocycles. The van der Waals surface area contributed by atoms with Crippen molar-refractivity contribution < 1.29 is 24.2 Å². The first-order chi connectivity index (χ1) is 15.6. The number of ether oxygens (including phenoxy) is 2. The van der Waals surface area contributed by atoms with Gasteiger partial charge in [0.1, 0.15) is 17.2 Å². The van der Waals surface area contributed by atoms with Crippen LogP contribution in [-0.2, 0) is 16.1 Å². The van der Waals surface area contributed by atoms with E-state index in [9.17, 15) is 14.7 Å². The molecule has 2 aromatic rings. The number of methoxy groups -OCH3 is 2. The minimum Gasteiger partial charge on any atom is -0.497 e. The molecule has 168 valence electrons. The Bertz CT molecular complexity index is 1030. The van der Waals surface area contributed by atoms with Crippen molar-refractivity contribution in [1.82, 2.24) is 9.80 Å². The molecule has 0 bridgehead atoms. The lowest BCUT2D eigenvalue weighted by molar-refractivity contribution is -0.138. The average Bonchev–Trinajstić information content (AvgIpc) is 3.09. The molecule has 0 radical (unpaired) electrons. The van der Waals surface area contributed by atoms with Crippen LogP contribution in [0, 0.1) is 5.92 Å². The molecule has 7 nitrogen and oxygen atoms in total. The highest BCUT2D eigenvalue weighted by Gasteiger charge is 2.43. The fourth-order valence-electron chi connectivity index (χ4n) is 4.42. The molecule has 7 heteroatoms. The summed E-state index contributed by atoms with van der Waals surface area (Å²) in [7, 11) is 3.15. The molecule has 1 N–H and O–H groups in total. The molecule has 2 aromatic carbocycles. The average molecular weight is 437 g/mol. The number of nitrogens with zero attached hydrogens (tertiary/aromatic N) is 2. The quantitative estimate of drug-likeness (QED) is 0.673. The van der Waals surface area contributed by atoms with Crippen LogP contribution in [0.2, 0.25) is 0 Å². The van der Waals surface area contributed by atoms with E-state index < -0.39 is 0 Å². The first kappa shape index (κ1) is 21.9. The topological polar surface area (TPSA) is 79.3 Å². The summed E-state index contributed by atoms with van der Waals surface area (Å²) in [4.78, 5) is 30.5. The number of imide groups is 1. The number of benzene rings is 2. The Morgan fingerprint density at radius 3 is 2.44 bits per heavy atom. The van der Waals surface area contributed by atoms with Crippen LogP contribution in [0.1, 0.15) is 24.0 Å². The molecule has 1 fully saturated rings. The molecule has 1 unspecified atom stereocenters. The maximum atomic E-state index is 13.6. The zero-order valence-corrected chi connectivity index (χ0v) is 18.4. The highest BCUT2D eigenvalue weighted by molar-refractivity contribution is 6.35. The number of aliphatic hydroxyl groups is 1. The maximum Gasteiger partial charge on any atom is 0.278 e. The minimum absolute atomic E-state index is 0.0610. The van der Waals surface area contributed by atoms with Gasteiger partial charge in [0.05, 0.1) is 26.3 Å². The number of likely N-dealkylation sites (tertiary alicyclic amines) is 1. The van der Waals surface area contributed by atoms with Gasteiger partial charge in [-0.15, -0.1) is 0 Å². The van der Waals surface area contributed by atoms with Crippen molar-refractivity contribution in [2.75, 3.05) is 33.9 Å². The SMILES string of the molecule is COc1ccc(CN2C(=O)C(c3ccccc3OC)=C(N3CCCC(CO)C3)C2=O)cc1. The predicted octanol–water partition coefficient (Wildman–Crippen LogP) is 2.69. The lowest BCUT2D eigenvalue weighted by Crippen LogP contribution is -2.40. The van der Waals surface area contributed by atoms with E-state index in [1.165, 1.54) is 4.90 Å². The van der Waals surface area contributed by atoms with Gasteiger partial charge in [-0.2, -0.15) is 0 Å². The van der Waals surface area contributed by atoms with Crippen molar-refractivity contribution in [1.29, 1.82) is 0 Å². The first-order valence-electron chi connectivity index (χ1n) is 10.8. The van der Waals surface area contributed by atoms with Gasteiger partial charge in [-0.1, -0.05) is 30.3 Å². The number of para-hydroxylation sites is 1. The van der Waals surface area contributed by atoms with E-state index >= 15 is 0 Å². The largest absolute Gasteiger partial charge is 0.497 e. The van der Waals surface area contributed by atoms with Gasteiger partial charge in [-0.05, 0) is 42.5 Å². The molecule has 0 spiro atoms. The Hall–Kier alpha value is -3.32. The first-order valence-corrected chi connectivity index (χ1v) is 10.8. The Morgan fingerprint density at radius 1 is 1.00 bits per heavy atom. The van der Waals surface area contributed by atoms with Crippen molar-refractivity contribution >= 4 is 17.4 Å². The van der Waals surface area contributed by atoms with Crippen LogP contribution in [0.15, 0.2) is 54.2 Å². The fourth-order valence-corrected chi connectivity index (χ4v) is 4.42. The molecular weight excluding hydrogens is 408 g/mol. The summed E-state index contributed by atoms with van der Waals surface area (Å²) in [6.45, 7) is 1.44. The lowest BCUT2D eigenvalue weighted by Gasteiger charge is -2.34. The zero-order chi connectivity index (χ0) is 22.7. The summed E-state index contributed by atoms with van der Waals surface area (Å²) < 4.78 is 10.7. The third-order valence-electron chi connectivity index (χ3n) is 6.11.